The standard InChI is InChI=1S/C8H15N3O2/c1-5(2)6(9-3)7-10-11(4)8(12)13-7/h5-6,9H,1-4H3. The Kier molecular flexibility index (Phi) is 2.87. The minimum atomic E-state index is -0.420. The molecule has 0 saturated heterocycles. The van der Waals surface area contributed by atoms with E-state index in [1.807, 2.05) is 20.9 Å². The van der Waals surface area contributed by atoms with Gasteiger partial charge in [-0.15, -0.1) is 5.10 Å². The van der Waals surface area contributed by atoms with E-state index in [0.29, 0.717) is 11.8 Å². The Labute approximate surface area is 76.7 Å². The molecule has 0 amide bonds. The van der Waals surface area contributed by atoms with Gasteiger partial charge in [0.1, 0.15) is 0 Å². The molecule has 1 unspecified atom stereocenters. The molecule has 0 aliphatic rings. The number of aryl methyl sites for hydroxylation is 1. The van der Waals surface area contributed by atoms with E-state index in [9.17, 15) is 4.79 Å². The summed E-state index contributed by atoms with van der Waals surface area (Å²) in [7, 11) is 3.39. The first kappa shape index (κ1) is 9.98. The molecule has 1 rings (SSSR count). The Balaban J connectivity index is 2.98. The van der Waals surface area contributed by atoms with E-state index >= 15 is 0 Å². The average molecular weight is 185 g/mol. The van der Waals surface area contributed by atoms with Crippen LogP contribution in [-0.2, 0) is 7.05 Å². The Hall–Kier alpha value is -1.10. The number of hydrogen-bond donors (Lipinski definition) is 1. The minimum absolute atomic E-state index is 0.00565. The largest absolute Gasteiger partial charge is 0.436 e. The van der Waals surface area contributed by atoms with Crippen LogP contribution in [0.3, 0.4) is 0 Å². The molecule has 74 valence electrons. The lowest BCUT2D eigenvalue weighted by atomic mass is 10.1. The monoisotopic (exact) mass is 185 g/mol. The van der Waals surface area contributed by atoms with Crippen LogP contribution in [0.1, 0.15) is 25.8 Å². The lowest BCUT2D eigenvalue weighted by Gasteiger charge is -2.14. The van der Waals surface area contributed by atoms with Crippen molar-refractivity contribution in [2.75, 3.05) is 7.05 Å². The van der Waals surface area contributed by atoms with Gasteiger partial charge in [0.15, 0.2) is 0 Å². The molecule has 0 aromatic carbocycles. The number of rotatable bonds is 3. The fourth-order valence-corrected chi connectivity index (χ4v) is 1.23. The maximum absolute atomic E-state index is 11.0. The smallest absolute Gasteiger partial charge is 0.391 e. The first-order valence-electron chi connectivity index (χ1n) is 4.27. The second-order valence-electron chi connectivity index (χ2n) is 3.34. The summed E-state index contributed by atoms with van der Waals surface area (Å²) in [6, 6.07) is -0.00565. The first-order valence-corrected chi connectivity index (χ1v) is 4.27. The summed E-state index contributed by atoms with van der Waals surface area (Å²) in [6.45, 7) is 4.08. The van der Waals surface area contributed by atoms with Crippen molar-refractivity contribution >= 4 is 0 Å². The molecule has 13 heavy (non-hydrogen) atoms. The van der Waals surface area contributed by atoms with Gasteiger partial charge in [-0.3, -0.25) is 0 Å². The number of aromatic nitrogens is 2. The Morgan fingerprint density at radius 1 is 1.54 bits per heavy atom. The van der Waals surface area contributed by atoms with Crippen LogP contribution in [0.4, 0.5) is 0 Å². The number of hydrogen-bond acceptors (Lipinski definition) is 4. The quantitative estimate of drug-likeness (QED) is 0.735. The summed E-state index contributed by atoms with van der Waals surface area (Å²) in [4.78, 5) is 11.0. The highest BCUT2D eigenvalue weighted by Gasteiger charge is 2.19. The molecule has 5 nitrogen and oxygen atoms in total. The van der Waals surface area contributed by atoms with Gasteiger partial charge in [0.2, 0.25) is 5.89 Å². The molecular weight excluding hydrogens is 170 g/mol. The summed E-state index contributed by atoms with van der Waals surface area (Å²) in [5.41, 5.74) is 0. The summed E-state index contributed by atoms with van der Waals surface area (Å²) >= 11 is 0. The molecule has 1 aromatic heterocycles. The van der Waals surface area contributed by atoms with Gasteiger partial charge in [0.05, 0.1) is 6.04 Å². The first-order chi connectivity index (χ1) is 6.06. The summed E-state index contributed by atoms with van der Waals surface area (Å²) in [6.07, 6.45) is 0. The third-order valence-corrected chi connectivity index (χ3v) is 1.95. The zero-order valence-electron chi connectivity index (χ0n) is 8.37. The van der Waals surface area contributed by atoms with Crippen LogP contribution in [0.5, 0.6) is 0 Å². The zero-order chi connectivity index (χ0) is 10.0. The van der Waals surface area contributed by atoms with Gasteiger partial charge in [0.25, 0.3) is 0 Å². The van der Waals surface area contributed by atoms with Crippen LogP contribution in [0, 0.1) is 5.92 Å². The summed E-state index contributed by atoms with van der Waals surface area (Å²) in [5, 5.41) is 7.03. The Morgan fingerprint density at radius 2 is 2.15 bits per heavy atom. The molecule has 5 heteroatoms. The average Bonchev–Trinajstić information content (AvgIpc) is 2.32. The van der Waals surface area contributed by atoms with Crippen LogP contribution >= 0.6 is 0 Å². The predicted octanol–water partition coefficient (Wildman–Crippen LogP) is 0.290. The van der Waals surface area contributed by atoms with E-state index in [0.717, 1.165) is 0 Å². The van der Waals surface area contributed by atoms with Crippen LogP contribution in [0.2, 0.25) is 0 Å². The lowest BCUT2D eigenvalue weighted by molar-refractivity contribution is 0.337. The van der Waals surface area contributed by atoms with Crippen molar-refractivity contribution < 1.29 is 4.42 Å². The predicted molar refractivity (Wildman–Crippen MR) is 48.4 cm³/mol. The molecule has 0 spiro atoms. The van der Waals surface area contributed by atoms with Crippen molar-refractivity contribution in [1.82, 2.24) is 15.1 Å². The van der Waals surface area contributed by atoms with Gasteiger partial charge in [-0.2, -0.15) is 4.68 Å². The van der Waals surface area contributed by atoms with Crippen LogP contribution < -0.4 is 11.1 Å². The third kappa shape index (κ3) is 1.98. The van der Waals surface area contributed by atoms with E-state index in [4.69, 9.17) is 4.42 Å². The van der Waals surface area contributed by atoms with Crippen molar-refractivity contribution in [3.8, 4) is 0 Å². The molecule has 0 aliphatic heterocycles. The van der Waals surface area contributed by atoms with E-state index in [2.05, 4.69) is 10.4 Å². The van der Waals surface area contributed by atoms with Crippen molar-refractivity contribution in [3.63, 3.8) is 0 Å². The third-order valence-electron chi connectivity index (χ3n) is 1.95. The topological polar surface area (TPSA) is 60.1 Å². The van der Waals surface area contributed by atoms with E-state index in [-0.39, 0.29) is 6.04 Å². The van der Waals surface area contributed by atoms with E-state index in [1.54, 1.807) is 7.05 Å². The SMILES string of the molecule is CNC(c1nn(C)c(=O)o1)C(C)C. The van der Waals surface area contributed by atoms with E-state index in [1.165, 1.54) is 4.68 Å². The molecule has 0 bridgehead atoms. The highest BCUT2D eigenvalue weighted by Crippen LogP contribution is 2.17. The van der Waals surface area contributed by atoms with Gasteiger partial charge >= 0.3 is 5.76 Å². The lowest BCUT2D eigenvalue weighted by Crippen LogP contribution is -2.22. The second kappa shape index (κ2) is 3.74. The van der Waals surface area contributed by atoms with Crippen molar-refractivity contribution in [2.24, 2.45) is 13.0 Å². The van der Waals surface area contributed by atoms with Gasteiger partial charge in [0, 0.05) is 7.05 Å². The summed E-state index contributed by atoms with van der Waals surface area (Å²) in [5.74, 6) is 0.365. The maximum Gasteiger partial charge on any atom is 0.436 e. The van der Waals surface area contributed by atoms with Crippen molar-refractivity contribution in [2.45, 2.75) is 19.9 Å². The molecule has 1 N–H and O–H groups in total. The van der Waals surface area contributed by atoms with Crippen LogP contribution in [0.15, 0.2) is 9.21 Å². The normalized spacial score (nSPS) is 13.6. The van der Waals surface area contributed by atoms with Crippen molar-refractivity contribution in [1.29, 1.82) is 0 Å². The molecule has 0 fully saturated rings. The van der Waals surface area contributed by atoms with Crippen LogP contribution in [-0.4, -0.2) is 16.8 Å². The molecule has 1 atom stereocenters. The fourth-order valence-electron chi connectivity index (χ4n) is 1.23. The van der Waals surface area contributed by atoms with Gasteiger partial charge in [-0.1, -0.05) is 13.8 Å². The Morgan fingerprint density at radius 3 is 2.46 bits per heavy atom. The second-order valence-corrected chi connectivity index (χ2v) is 3.34. The molecular formula is C8H15N3O2. The van der Waals surface area contributed by atoms with E-state index < -0.39 is 5.76 Å². The number of nitrogens with zero attached hydrogens (tertiary/aromatic N) is 2. The summed E-state index contributed by atoms with van der Waals surface area (Å²) < 4.78 is 6.16. The zero-order valence-corrected chi connectivity index (χ0v) is 8.37. The molecule has 1 heterocycles. The molecule has 0 radical (unpaired) electrons. The molecule has 0 saturated carbocycles. The Bertz CT molecular complexity index is 326. The molecule has 0 aliphatic carbocycles. The fraction of sp³-hybridized carbons (Fsp3) is 0.750. The van der Waals surface area contributed by atoms with Gasteiger partial charge < -0.3 is 9.73 Å². The van der Waals surface area contributed by atoms with Crippen LogP contribution in [0.25, 0.3) is 0 Å². The minimum Gasteiger partial charge on any atom is -0.391 e. The van der Waals surface area contributed by atoms with Gasteiger partial charge in [-0.05, 0) is 13.0 Å². The maximum atomic E-state index is 11.0. The highest BCUT2D eigenvalue weighted by atomic mass is 16.4. The number of nitrogens with one attached hydrogen (secondary N) is 1. The molecule has 1 aromatic rings. The highest BCUT2D eigenvalue weighted by molar-refractivity contribution is 4.88. The van der Waals surface area contributed by atoms with Crippen molar-refractivity contribution in [3.05, 3.63) is 16.4 Å². The van der Waals surface area contributed by atoms with Gasteiger partial charge in [-0.25, -0.2) is 4.79 Å².